The van der Waals surface area contributed by atoms with Crippen molar-refractivity contribution in [2.45, 2.75) is 13.8 Å². The lowest BCUT2D eigenvalue weighted by molar-refractivity contribution is 1.17. The lowest BCUT2D eigenvalue weighted by Gasteiger charge is -2.14. The number of aromatic nitrogens is 2. The zero-order chi connectivity index (χ0) is 37.9. The van der Waals surface area contributed by atoms with Gasteiger partial charge in [0.15, 0.2) is 5.69 Å². The molecule has 0 aliphatic carbocycles. The molecule has 0 N–H and O–H groups in total. The van der Waals surface area contributed by atoms with Crippen molar-refractivity contribution in [3.05, 3.63) is 198 Å². The number of nitriles is 1. The molecule has 0 atom stereocenters. The highest BCUT2D eigenvalue weighted by Crippen LogP contribution is 2.41. The van der Waals surface area contributed by atoms with E-state index in [-0.39, 0.29) is 0 Å². The first-order valence-electron chi connectivity index (χ1n) is 18.8. The van der Waals surface area contributed by atoms with Crippen LogP contribution in [0.25, 0.3) is 93.2 Å². The SMILES string of the molecule is [C-]#[N+]c1cc(-n2c3ccccc3c3ccc(-c4cccc(C)c4)cc32)ccc1-c1ccc(-n2c3ccccc3c3ccc(-c4cccc(C)c4)cc32)cc1C#N. The summed E-state index contributed by atoms with van der Waals surface area (Å²) in [5.41, 5.74) is 15.6. The van der Waals surface area contributed by atoms with Crippen LogP contribution in [0.3, 0.4) is 0 Å². The van der Waals surface area contributed by atoms with Crippen molar-refractivity contribution < 1.29 is 0 Å². The topological polar surface area (TPSA) is 38.0 Å². The Labute approximate surface area is 325 Å². The van der Waals surface area contributed by atoms with Crippen LogP contribution in [0.15, 0.2) is 170 Å². The van der Waals surface area contributed by atoms with E-state index in [1.807, 2.05) is 24.3 Å². The standard InChI is InChI=1S/C52H34N4/c1-33-10-8-12-35(26-33)37-18-22-46-44-14-4-6-16-49(44)55(51(46)29-37)40-20-24-42(39(28-40)32-53)43-25-21-41(31-48(43)54-3)56-50-17-7-5-15-45(50)47-23-19-38(30-52(47)56)36-13-9-11-34(2)27-36/h4-31H,1-2H3. The number of rotatable bonds is 5. The molecule has 0 saturated carbocycles. The van der Waals surface area contributed by atoms with Crippen molar-refractivity contribution in [2.75, 3.05) is 0 Å². The van der Waals surface area contributed by atoms with Gasteiger partial charge in [0.05, 0.1) is 40.3 Å². The van der Waals surface area contributed by atoms with Gasteiger partial charge >= 0.3 is 0 Å². The van der Waals surface area contributed by atoms with Crippen LogP contribution in [0.5, 0.6) is 0 Å². The van der Waals surface area contributed by atoms with E-state index in [1.54, 1.807) is 0 Å². The summed E-state index contributed by atoms with van der Waals surface area (Å²) >= 11 is 0. The Morgan fingerprint density at radius 3 is 1.45 bits per heavy atom. The third kappa shape index (κ3) is 5.28. The first kappa shape index (κ1) is 32.9. The molecule has 0 amide bonds. The fourth-order valence-electron chi connectivity index (χ4n) is 8.48. The first-order valence-corrected chi connectivity index (χ1v) is 18.8. The highest BCUT2D eigenvalue weighted by molar-refractivity contribution is 6.11. The summed E-state index contributed by atoms with van der Waals surface area (Å²) in [5.74, 6) is 0. The minimum absolute atomic E-state index is 0.493. The molecule has 0 saturated heterocycles. The molecule has 2 heterocycles. The molecular formula is C52H34N4. The molecule has 56 heavy (non-hydrogen) atoms. The van der Waals surface area contributed by atoms with Gasteiger partial charge in [0.1, 0.15) is 0 Å². The fourth-order valence-corrected chi connectivity index (χ4v) is 8.48. The number of hydrogen-bond donors (Lipinski definition) is 0. The molecule has 0 spiro atoms. The minimum Gasteiger partial charge on any atom is -0.310 e. The molecule has 0 aliphatic rings. The molecule has 262 valence electrons. The summed E-state index contributed by atoms with van der Waals surface area (Å²) in [5, 5.41) is 15.3. The monoisotopic (exact) mass is 714 g/mol. The van der Waals surface area contributed by atoms with E-state index >= 15 is 0 Å². The van der Waals surface area contributed by atoms with Gasteiger partial charge in [0, 0.05) is 32.9 Å². The molecule has 10 aromatic rings. The molecule has 0 aliphatic heterocycles. The molecule has 4 heteroatoms. The lowest BCUT2D eigenvalue weighted by Crippen LogP contribution is -1.97. The fraction of sp³-hybridized carbons (Fsp3) is 0.0385. The smallest absolute Gasteiger partial charge is 0.197 e. The van der Waals surface area contributed by atoms with E-state index in [0.717, 1.165) is 77.2 Å². The Balaban J connectivity index is 1.11. The van der Waals surface area contributed by atoms with Gasteiger partial charge in [0.2, 0.25) is 0 Å². The molecule has 10 rings (SSSR count). The second kappa shape index (κ2) is 13.0. The summed E-state index contributed by atoms with van der Waals surface area (Å²) < 4.78 is 4.50. The average molecular weight is 715 g/mol. The lowest BCUT2D eigenvalue weighted by atomic mass is 9.97. The average Bonchev–Trinajstić information content (AvgIpc) is 3.75. The molecule has 8 aromatic carbocycles. The van der Waals surface area contributed by atoms with Crippen molar-refractivity contribution >= 4 is 49.3 Å². The van der Waals surface area contributed by atoms with E-state index < -0.39 is 0 Å². The van der Waals surface area contributed by atoms with Crippen LogP contribution in [0, 0.1) is 31.8 Å². The van der Waals surface area contributed by atoms with Crippen LogP contribution < -0.4 is 0 Å². The Bertz CT molecular complexity index is 3080. The normalized spacial score (nSPS) is 11.4. The molecular weight excluding hydrogens is 681 g/mol. The maximum Gasteiger partial charge on any atom is 0.197 e. The van der Waals surface area contributed by atoms with Gasteiger partial charge in [-0.15, -0.1) is 0 Å². The van der Waals surface area contributed by atoms with Crippen LogP contribution in [-0.4, -0.2) is 9.13 Å². The van der Waals surface area contributed by atoms with Crippen LogP contribution >= 0.6 is 0 Å². The molecule has 0 radical (unpaired) electrons. The summed E-state index contributed by atoms with van der Waals surface area (Å²) in [6.07, 6.45) is 0. The van der Waals surface area contributed by atoms with Crippen molar-refractivity contribution in [2.24, 2.45) is 0 Å². The number of hydrogen-bond acceptors (Lipinski definition) is 1. The highest BCUT2D eigenvalue weighted by Gasteiger charge is 2.19. The van der Waals surface area contributed by atoms with E-state index in [9.17, 15) is 5.26 Å². The quantitative estimate of drug-likeness (QED) is 0.164. The van der Waals surface area contributed by atoms with Gasteiger partial charge in [-0.05, 0) is 95.8 Å². The summed E-state index contributed by atoms with van der Waals surface area (Å²) in [6, 6.07) is 61.8. The van der Waals surface area contributed by atoms with Crippen LogP contribution in [-0.2, 0) is 0 Å². The molecule has 4 nitrogen and oxygen atoms in total. The third-order valence-electron chi connectivity index (χ3n) is 11.1. The first-order chi connectivity index (χ1) is 27.5. The van der Waals surface area contributed by atoms with Crippen LogP contribution in [0.4, 0.5) is 5.69 Å². The third-order valence-corrected chi connectivity index (χ3v) is 11.1. The predicted octanol–water partition coefficient (Wildman–Crippen LogP) is 13.9. The van der Waals surface area contributed by atoms with Crippen molar-refractivity contribution in [1.82, 2.24) is 9.13 Å². The second-order valence-corrected chi connectivity index (χ2v) is 14.6. The largest absolute Gasteiger partial charge is 0.310 e. The van der Waals surface area contributed by atoms with Gasteiger partial charge in [-0.25, -0.2) is 4.85 Å². The summed E-state index contributed by atoms with van der Waals surface area (Å²) in [4.78, 5) is 4.05. The summed E-state index contributed by atoms with van der Waals surface area (Å²) in [7, 11) is 0. The Morgan fingerprint density at radius 1 is 0.446 bits per heavy atom. The maximum absolute atomic E-state index is 10.6. The zero-order valence-corrected chi connectivity index (χ0v) is 31.0. The molecule has 0 unspecified atom stereocenters. The Hall–Kier alpha value is -7.66. The van der Waals surface area contributed by atoms with Gasteiger partial charge in [-0.3, -0.25) is 0 Å². The maximum atomic E-state index is 10.6. The van der Waals surface area contributed by atoms with Gasteiger partial charge in [0.25, 0.3) is 0 Å². The van der Waals surface area contributed by atoms with Crippen molar-refractivity contribution in [3.8, 4) is 50.8 Å². The van der Waals surface area contributed by atoms with E-state index in [2.05, 4.69) is 179 Å². The molecule has 0 fully saturated rings. The minimum atomic E-state index is 0.493. The number of fused-ring (bicyclic) bond motifs is 6. The van der Waals surface area contributed by atoms with Crippen molar-refractivity contribution in [3.63, 3.8) is 0 Å². The Kier molecular flexibility index (Phi) is 7.66. The highest BCUT2D eigenvalue weighted by atomic mass is 15.0. The summed E-state index contributed by atoms with van der Waals surface area (Å²) in [6.45, 7) is 12.6. The van der Waals surface area contributed by atoms with Gasteiger partial charge in [-0.1, -0.05) is 132 Å². The van der Waals surface area contributed by atoms with E-state index in [0.29, 0.717) is 11.3 Å². The molecule has 0 bridgehead atoms. The number of para-hydroxylation sites is 2. The van der Waals surface area contributed by atoms with Gasteiger partial charge < -0.3 is 9.13 Å². The number of aryl methyl sites for hydroxylation is 2. The van der Waals surface area contributed by atoms with Gasteiger partial charge in [-0.2, -0.15) is 5.26 Å². The number of nitrogens with zero attached hydrogens (tertiary/aromatic N) is 4. The zero-order valence-electron chi connectivity index (χ0n) is 31.0. The van der Waals surface area contributed by atoms with E-state index in [4.69, 9.17) is 6.57 Å². The Morgan fingerprint density at radius 2 is 0.929 bits per heavy atom. The predicted molar refractivity (Wildman–Crippen MR) is 232 cm³/mol. The number of benzene rings is 8. The molecule has 2 aromatic heterocycles. The van der Waals surface area contributed by atoms with E-state index in [1.165, 1.54) is 22.3 Å². The van der Waals surface area contributed by atoms with Crippen LogP contribution in [0.2, 0.25) is 0 Å². The van der Waals surface area contributed by atoms with Crippen LogP contribution in [0.1, 0.15) is 16.7 Å². The van der Waals surface area contributed by atoms with Crippen molar-refractivity contribution in [1.29, 1.82) is 5.26 Å². The second-order valence-electron chi connectivity index (χ2n) is 14.6.